The number of Topliss-reactive ketones (excluding diaryl/α,β-unsaturated/α-hetero) is 1. The van der Waals surface area contributed by atoms with E-state index in [9.17, 15) is 14.4 Å². The highest BCUT2D eigenvalue weighted by Crippen LogP contribution is 2.31. The summed E-state index contributed by atoms with van der Waals surface area (Å²) in [6.45, 7) is 4.01. The molecule has 31 heavy (non-hydrogen) atoms. The number of benzene rings is 1. The van der Waals surface area contributed by atoms with Crippen molar-refractivity contribution in [2.45, 2.75) is 32.6 Å². The lowest BCUT2D eigenvalue weighted by molar-refractivity contribution is -0.115. The SMILES string of the molecule is Cc1oc(C2C=CC=CC2C)nc1CCC(=O)c1ccc(/C=C2\SC(=O)NC2=O)cc1. The zero-order chi connectivity index (χ0) is 22.0. The number of aryl methyl sites for hydroxylation is 2. The van der Waals surface area contributed by atoms with Crippen LogP contribution in [-0.2, 0) is 11.2 Å². The number of imide groups is 1. The molecule has 1 N–H and O–H groups in total. The number of aromatic nitrogens is 1. The summed E-state index contributed by atoms with van der Waals surface area (Å²) < 4.78 is 5.89. The van der Waals surface area contributed by atoms with Crippen molar-refractivity contribution >= 4 is 34.8 Å². The fourth-order valence-electron chi connectivity index (χ4n) is 3.56. The summed E-state index contributed by atoms with van der Waals surface area (Å²) in [5.74, 6) is 1.49. The van der Waals surface area contributed by atoms with Crippen LogP contribution in [0.15, 0.2) is 57.9 Å². The van der Waals surface area contributed by atoms with Crippen molar-refractivity contribution in [3.05, 3.63) is 81.9 Å². The van der Waals surface area contributed by atoms with Crippen molar-refractivity contribution in [1.29, 1.82) is 0 Å². The van der Waals surface area contributed by atoms with Crippen LogP contribution in [0, 0.1) is 12.8 Å². The number of nitrogens with one attached hydrogen (secondary N) is 1. The van der Waals surface area contributed by atoms with Gasteiger partial charge in [0.15, 0.2) is 5.78 Å². The molecule has 0 saturated carbocycles. The molecule has 4 rings (SSSR count). The van der Waals surface area contributed by atoms with Gasteiger partial charge in [0.2, 0.25) is 5.89 Å². The predicted molar refractivity (Wildman–Crippen MR) is 120 cm³/mol. The van der Waals surface area contributed by atoms with Gasteiger partial charge in [-0.2, -0.15) is 0 Å². The molecule has 0 bridgehead atoms. The molecule has 1 aromatic heterocycles. The number of ketones is 1. The Hall–Kier alpha value is -3.19. The Bertz CT molecular complexity index is 1120. The predicted octanol–water partition coefficient (Wildman–Crippen LogP) is 4.97. The third kappa shape index (κ3) is 4.77. The van der Waals surface area contributed by atoms with Crippen LogP contribution in [0.4, 0.5) is 4.79 Å². The van der Waals surface area contributed by atoms with Crippen molar-refractivity contribution in [3.63, 3.8) is 0 Å². The summed E-state index contributed by atoms with van der Waals surface area (Å²) in [7, 11) is 0. The van der Waals surface area contributed by atoms with E-state index in [4.69, 9.17) is 4.42 Å². The zero-order valence-electron chi connectivity index (χ0n) is 17.3. The number of carbonyl (C=O) groups is 3. The van der Waals surface area contributed by atoms with Gasteiger partial charge in [-0.25, -0.2) is 4.98 Å². The molecular weight excluding hydrogens is 412 g/mol. The molecule has 6 nitrogen and oxygen atoms in total. The van der Waals surface area contributed by atoms with E-state index in [1.165, 1.54) is 0 Å². The van der Waals surface area contributed by atoms with E-state index in [-0.39, 0.29) is 16.9 Å². The molecule has 0 spiro atoms. The van der Waals surface area contributed by atoms with Crippen LogP contribution < -0.4 is 5.32 Å². The molecule has 1 fully saturated rings. The van der Waals surface area contributed by atoms with Gasteiger partial charge >= 0.3 is 0 Å². The van der Waals surface area contributed by atoms with E-state index < -0.39 is 5.91 Å². The summed E-state index contributed by atoms with van der Waals surface area (Å²) in [5, 5.41) is 1.85. The first-order valence-electron chi connectivity index (χ1n) is 10.1. The number of amides is 2. The Morgan fingerprint density at radius 1 is 1.19 bits per heavy atom. The molecule has 2 atom stereocenters. The summed E-state index contributed by atoms with van der Waals surface area (Å²) >= 11 is 0.869. The third-order valence-corrected chi connectivity index (χ3v) is 6.18. The van der Waals surface area contributed by atoms with Crippen LogP contribution in [0.3, 0.4) is 0 Å². The maximum atomic E-state index is 12.6. The van der Waals surface area contributed by atoms with Gasteiger partial charge in [-0.1, -0.05) is 55.5 Å². The van der Waals surface area contributed by atoms with E-state index in [0.717, 1.165) is 28.8 Å². The molecule has 7 heteroatoms. The van der Waals surface area contributed by atoms with Gasteiger partial charge in [0.25, 0.3) is 11.1 Å². The molecule has 1 aliphatic carbocycles. The molecule has 2 aliphatic rings. The molecule has 2 amide bonds. The summed E-state index contributed by atoms with van der Waals surface area (Å²) in [5.41, 5.74) is 2.16. The van der Waals surface area contributed by atoms with Gasteiger partial charge in [-0.05, 0) is 36.2 Å². The average molecular weight is 435 g/mol. The first-order valence-corrected chi connectivity index (χ1v) is 10.9. The number of allylic oxidation sites excluding steroid dienone is 4. The molecule has 2 aromatic rings. The molecule has 2 unspecified atom stereocenters. The number of hydrogen-bond donors (Lipinski definition) is 1. The summed E-state index contributed by atoms with van der Waals surface area (Å²) in [6.07, 6.45) is 10.7. The minimum atomic E-state index is -0.397. The topological polar surface area (TPSA) is 89.3 Å². The van der Waals surface area contributed by atoms with Crippen molar-refractivity contribution in [1.82, 2.24) is 10.3 Å². The normalized spacial score (nSPS) is 21.7. The Morgan fingerprint density at radius 2 is 1.94 bits per heavy atom. The highest BCUT2D eigenvalue weighted by molar-refractivity contribution is 8.18. The summed E-state index contributed by atoms with van der Waals surface area (Å²) in [6, 6.07) is 6.99. The molecule has 158 valence electrons. The lowest BCUT2D eigenvalue weighted by Crippen LogP contribution is -2.17. The first kappa shape index (κ1) is 21.1. The van der Waals surface area contributed by atoms with Crippen LogP contribution >= 0.6 is 11.8 Å². The lowest BCUT2D eigenvalue weighted by Gasteiger charge is -2.16. The van der Waals surface area contributed by atoms with Crippen LogP contribution in [0.1, 0.15) is 52.5 Å². The second-order valence-corrected chi connectivity index (χ2v) is 8.62. The third-order valence-electron chi connectivity index (χ3n) is 5.37. The Kier molecular flexibility index (Phi) is 6.04. The van der Waals surface area contributed by atoms with Crippen LogP contribution in [0.2, 0.25) is 0 Å². The monoisotopic (exact) mass is 434 g/mol. The van der Waals surface area contributed by atoms with Gasteiger partial charge in [0.05, 0.1) is 16.5 Å². The molecule has 0 radical (unpaired) electrons. The second kappa shape index (κ2) is 8.89. The fraction of sp³-hybridized carbons (Fsp3) is 0.250. The van der Waals surface area contributed by atoms with Crippen molar-refractivity contribution in [2.24, 2.45) is 5.92 Å². The largest absolute Gasteiger partial charge is 0.445 e. The standard InChI is InChI=1S/C24H22N2O4S/c1-14-5-3-4-6-18(14)23-25-19(15(2)30-23)11-12-20(27)17-9-7-16(8-10-17)13-21-22(28)26-24(29)31-21/h3-10,13-14,18H,11-12H2,1-2H3,(H,26,28,29)/b21-13-. The maximum absolute atomic E-state index is 12.6. The molecule has 1 aromatic carbocycles. The Balaban J connectivity index is 1.39. The Morgan fingerprint density at radius 3 is 2.61 bits per heavy atom. The first-order chi connectivity index (χ1) is 14.9. The van der Waals surface area contributed by atoms with Crippen molar-refractivity contribution in [2.75, 3.05) is 0 Å². The molecular formula is C24H22N2O4S. The van der Waals surface area contributed by atoms with E-state index in [1.807, 2.05) is 19.1 Å². The minimum absolute atomic E-state index is 0.0141. The van der Waals surface area contributed by atoms with Gasteiger partial charge in [-0.3, -0.25) is 19.7 Å². The number of oxazole rings is 1. The second-order valence-electron chi connectivity index (χ2n) is 7.61. The number of carbonyl (C=O) groups excluding carboxylic acids is 3. The highest BCUT2D eigenvalue weighted by Gasteiger charge is 2.25. The van der Waals surface area contributed by atoms with Gasteiger partial charge in [0.1, 0.15) is 5.76 Å². The minimum Gasteiger partial charge on any atom is -0.445 e. The zero-order valence-corrected chi connectivity index (χ0v) is 18.1. The van der Waals surface area contributed by atoms with E-state index in [1.54, 1.807) is 30.3 Å². The average Bonchev–Trinajstić information content (AvgIpc) is 3.27. The number of thioether (sulfide) groups is 1. The highest BCUT2D eigenvalue weighted by atomic mass is 32.2. The molecule has 1 saturated heterocycles. The molecule has 2 heterocycles. The van der Waals surface area contributed by atoms with E-state index in [0.29, 0.717) is 35.1 Å². The Labute approximate surface area is 184 Å². The van der Waals surface area contributed by atoms with Crippen LogP contribution in [-0.4, -0.2) is 21.9 Å². The van der Waals surface area contributed by atoms with Gasteiger partial charge in [-0.15, -0.1) is 0 Å². The summed E-state index contributed by atoms with van der Waals surface area (Å²) in [4.78, 5) is 40.5. The van der Waals surface area contributed by atoms with Gasteiger partial charge in [0, 0.05) is 18.4 Å². The number of rotatable bonds is 6. The fourth-order valence-corrected chi connectivity index (χ4v) is 4.25. The quantitative estimate of drug-likeness (QED) is 0.510. The number of hydrogen-bond acceptors (Lipinski definition) is 6. The maximum Gasteiger partial charge on any atom is 0.290 e. The molecule has 1 aliphatic heterocycles. The van der Waals surface area contributed by atoms with Crippen LogP contribution in [0.25, 0.3) is 6.08 Å². The number of nitrogens with zero attached hydrogens (tertiary/aromatic N) is 1. The van der Waals surface area contributed by atoms with E-state index >= 15 is 0 Å². The van der Waals surface area contributed by atoms with E-state index in [2.05, 4.69) is 29.4 Å². The van der Waals surface area contributed by atoms with Crippen molar-refractivity contribution in [3.8, 4) is 0 Å². The van der Waals surface area contributed by atoms with Crippen LogP contribution in [0.5, 0.6) is 0 Å². The lowest BCUT2D eigenvalue weighted by atomic mass is 9.90. The van der Waals surface area contributed by atoms with Crippen molar-refractivity contribution < 1.29 is 18.8 Å². The smallest absolute Gasteiger partial charge is 0.290 e. The van der Waals surface area contributed by atoms with Gasteiger partial charge < -0.3 is 4.42 Å².